The smallest absolute Gasteiger partial charge is 0.337 e. The van der Waals surface area contributed by atoms with Crippen LogP contribution < -0.4 is 5.32 Å². The summed E-state index contributed by atoms with van der Waals surface area (Å²) in [5, 5.41) is 11.4. The Bertz CT molecular complexity index is 683. The Kier molecular flexibility index (Phi) is 3.79. The lowest BCUT2D eigenvalue weighted by atomic mass is 10.1. The lowest BCUT2D eigenvalue weighted by Crippen LogP contribution is -2.16. The summed E-state index contributed by atoms with van der Waals surface area (Å²) in [4.78, 5) is 23.1. The van der Waals surface area contributed by atoms with E-state index in [1.165, 1.54) is 24.3 Å². The third kappa shape index (κ3) is 2.83. The van der Waals surface area contributed by atoms with Crippen molar-refractivity contribution in [2.75, 3.05) is 5.32 Å². The normalized spacial score (nSPS) is 10.1. The molecule has 2 aromatic carbocycles. The Morgan fingerprint density at radius 2 is 1.80 bits per heavy atom. The number of carbonyl (C=O) groups excluding carboxylic acids is 1. The number of carbonyl (C=O) groups is 2. The molecule has 1 amide bonds. The molecule has 0 unspecified atom stereocenters. The van der Waals surface area contributed by atoms with Crippen LogP contribution in [0.2, 0.25) is 0 Å². The molecule has 2 rings (SSSR count). The maximum Gasteiger partial charge on any atom is 0.337 e. The third-order valence-electron chi connectivity index (χ3n) is 2.77. The number of anilines is 1. The molecular formula is C15H12FNO3. The van der Waals surface area contributed by atoms with Gasteiger partial charge in [-0.05, 0) is 31.2 Å². The van der Waals surface area contributed by atoms with Gasteiger partial charge in [-0.2, -0.15) is 0 Å². The van der Waals surface area contributed by atoms with Gasteiger partial charge in [0.1, 0.15) is 5.82 Å². The second kappa shape index (κ2) is 5.52. The molecule has 0 bridgehead atoms. The van der Waals surface area contributed by atoms with Gasteiger partial charge in [0.2, 0.25) is 0 Å². The molecule has 4 nitrogen and oxygen atoms in total. The molecule has 2 N–H and O–H groups in total. The van der Waals surface area contributed by atoms with Gasteiger partial charge < -0.3 is 10.4 Å². The number of carboxylic acids is 1. The van der Waals surface area contributed by atoms with Crippen LogP contribution in [0.15, 0.2) is 42.5 Å². The van der Waals surface area contributed by atoms with E-state index in [9.17, 15) is 14.0 Å². The average Bonchev–Trinajstić information content (AvgIpc) is 2.41. The number of halogens is 1. The van der Waals surface area contributed by atoms with E-state index in [4.69, 9.17) is 5.11 Å². The second-order valence-electron chi connectivity index (χ2n) is 4.29. The topological polar surface area (TPSA) is 66.4 Å². The number of hydrogen-bond acceptors (Lipinski definition) is 2. The number of carboxylic acid groups (broad SMARTS) is 1. The van der Waals surface area contributed by atoms with Crippen molar-refractivity contribution in [1.29, 1.82) is 0 Å². The molecule has 2 aromatic rings. The molecular weight excluding hydrogens is 261 g/mol. The van der Waals surface area contributed by atoms with Crippen LogP contribution in [0.4, 0.5) is 10.1 Å². The Morgan fingerprint density at radius 3 is 2.50 bits per heavy atom. The van der Waals surface area contributed by atoms with Gasteiger partial charge in [0.15, 0.2) is 0 Å². The minimum Gasteiger partial charge on any atom is -0.478 e. The first kappa shape index (κ1) is 13.7. The van der Waals surface area contributed by atoms with Gasteiger partial charge in [0.05, 0.1) is 16.8 Å². The quantitative estimate of drug-likeness (QED) is 0.903. The summed E-state index contributed by atoms with van der Waals surface area (Å²) >= 11 is 0. The van der Waals surface area contributed by atoms with E-state index in [1.807, 2.05) is 0 Å². The standard InChI is InChI=1S/C15H12FNO3/c1-9-6-7-12(16)11(8-9)14(18)17-13-5-3-2-4-10(13)15(19)20/h2-8H,1H3,(H,17,18)(H,19,20). The summed E-state index contributed by atoms with van der Waals surface area (Å²) in [5.41, 5.74) is 0.702. The molecule has 5 heteroatoms. The number of amides is 1. The monoisotopic (exact) mass is 273 g/mol. The summed E-state index contributed by atoms with van der Waals surface area (Å²) < 4.78 is 13.6. The highest BCUT2D eigenvalue weighted by atomic mass is 19.1. The zero-order chi connectivity index (χ0) is 14.7. The van der Waals surface area contributed by atoms with E-state index in [-0.39, 0.29) is 16.8 Å². The SMILES string of the molecule is Cc1ccc(F)c(C(=O)Nc2ccccc2C(=O)O)c1. The number of rotatable bonds is 3. The van der Waals surface area contributed by atoms with Crippen molar-refractivity contribution in [3.63, 3.8) is 0 Å². The first-order valence-electron chi connectivity index (χ1n) is 5.89. The highest BCUT2D eigenvalue weighted by Gasteiger charge is 2.15. The average molecular weight is 273 g/mol. The lowest BCUT2D eigenvalue weighted by Gasteiger charge is -2.09. The molecule has 0 saturated carbocycles. The molecule has 0 aliphatic rings. The second-order valence-corrected chi connectivity index (χ2v) is 4.29. The highest BCUT2D eigenvalue weighted by molar-refractivity contribution is 6.07. The molecule has 0 spiro atoms. The largest absolute Gasteiger partial charge is 0.478 e. The lowest BCUT2D eigenvalue weighted by molar-refractivity contribution is 0.0698. The van der Waals surface area contributed by atoms with Gasteiger partial charge in [-0.3, -0.25) is 4.79 Å². The van der Waals surface area contributed by atoms with Gasteiger partial charge in [-0.1, -0.05) is 23.8 Å². The number of aryl methyl sites for hydroxylation is 1. The van der Waals surface area contributed by atoms with Crippen molar-refractivity contribution in [3.05, 3.63) is 65.0 Å². The first-order chi connectivity index (χ1) is 9.49. The van der Waals surface area contributed by atoms with Gasteiger partial charge in [0.25, 0.3) is 5.91 Å². The Balaban J connectivity index is 2.33. The van der Waals surface area contributed by atoms with Crippen LogP contribution in [0, 0.1) is 12.7 Å². The van der Waals surface area contributed by atoms with Crippen LogP contribution in [0.1, 0.15) is 26.3 Å². The molecule has 0 saturated heterocycles. The van der Waals surface area contributed by atoms with Crippen LogP contribution >= 0.6 is 0 Å². The van der Waals surface area contributed by atoms with Crippen molar-refractivity contribution in [2.24, 2.45) is 0 Å². The highest BCUT2D eigenvalue weighted by Crippen LogP contribution is 2.17. The summed E-state index contributed by atoms with van der Waals surface area (Å²) in [6.07, 6.45) is 0. The van der Waals surface area contributed by atoms with Crippen molar-refractivity contribution in [2.45, 2.75) is 6.92 Å². The van der Waals surface area contributed by atoms with E-state index < -0.39 is 17.7 Å². The van der Waals surface area contributed by atoms with Gasteiger partial charge in [-0.25, -0.2) is 9.18 Å². The van der Waals surface area contributed by atoms with Crippen LogP contribution in [0.5, 0.6) is 0 Å². The van der Waals surface area contributed by atoms with E-state index in [0.29, 0.717) is 0 Å². The van der Waals surface area contributed by atoms with Crippen LogP contribution in [0.3, 0.4) is 0 Å². The van der Waals surface area contributed by atoms with Gasteiger partial charge in [0, 0.05) is 0 Å². The van der Waals surface area contributed by atoms with E-state index >= 15 is 0 Å². The summed E-state index contributed by atoms with van der Waals surface area (Å²) in [6.45, 7) is 1.74. The molecule has 0 aromatic heterocycles. The molecule has 0 fully saturated rings. The summed E-state index contributed by atoms with van der Waals surface area (Å²) in [7, 11) is 0. The Morgan fingerprint density at radius 1 is 1.10 bits per heavy atom. The van der Waals surface area contributed by atoms with E-state index in [2.05, 4.69) is 5.32 Å². The molecule has 0 radical (unpaired) electrons. The van der Waals surface area contributed by atoms with E-state index in [1.54, 1.807) is 25.1 Å². The Labute approximate surface area is 114 Å². The number of hydrogen-bond donors (Lipinski definition) is 2. The molecule has 0 aliphatic heterocycles. The van der Waals surface area contributed by atoms with Gasteiger partial charge in [-0.15, -0.1) is 0 Å². The van der Waals surface area contributed by atoms with Crippen LogP contribution in [-0.4, -0.2) is 17.0 Å². The van der Waals surface area contributed by atoms with Crippen molar-refractivity contribution < 1.29 is 19.1 Å². The minimum atomic E-state index is -1.16. The third-order valence-corrected chi connectivity index (χ3v) is 2.77. The number of aromatic carboxylic acids is 1. The fourth-order valence-corrected chi connectivity index (χ4v) is 1.78. The number of benzene rings is 2. The predicted octanol–water partition coefficient (Wildman–Crippen LogP) is 3.08. The van der Waals surface area contributed by atoms with Crippen molar-refractivity contribution in [1.82, 2.24) is 0 Å². The Hall–Kier alpha value is -2.69. The minimum absolute atomic E-state index is 0.0473. The summed E-state index contributed by atoms with van der Waals surface area (Å²) in [5.74, 6) is -2.49. The van der Waals surface area contributed by atoms with Crippen molar-refractivity contribution >= 4 is 17.6 Å². The van der Waals surface area contributed by atoms with Gasteiger partial charge >= 0.3 is 5.97 Å². The molecule has 20 heavy (non-hydrogen) atoms. The molecule has 0 atom stereocenters. The predicted molar refractivity (Wildman–Crippen MR) is 72.5 cm³/mol. The molecule has 102 valence electrons. The summed E-state index contributed by atoms with van der Waals surface area (Å²) in [6, 6.07) is 10.1. The zero-order valence-electron chi connectivity index (χ0n) is 10.7. The van der Waals surface area contributed by atoms with E-state index in [0.717, 1.165) is 5.56 Å². The number of nitrogens with one attached hydrogen (secondary N) is 1. The molecule has 0 aliphatic carbocycles. The van der Waals surface area contributed by atoms with Crippen LogP contribution in [-0.2, 0) is 0 Å². The maximum atomic E-state index is 13.6. The fourth-order valence-electron chi connectivity index (χ4n) is 1.78. The maximum absolute atomic E-state index is 13.6. The van der Waals surface area contributed by atoms with Crippen molar-refractivity contribution in [3.8, 4) is 0 Å². The first-order valence-corrected chi connectivity index (χ1v) is 5.89. The van der Waals surface area contributed by atoms with Crippen LogP contribution in [0.25, 0.3) is 0 Å². The zero-order valence-corrected chi connectivity index (χ0v) is 10.7. The molecule has 0 heterocycles. The number of para-hydroxylation sites is 1. The fraction of sp³-hybridized carbons (Fsp3) is 0.0667.